The Morgan fingerprint density at radius 3 is 1.86 bits per heavy atom. The number of primary amides is 1. The van der Waals surface area contributed by atoms with Crippen molar-refractivity contribution < 1.29 is 32.6 Å². The molecule has 1 aromatic carbocycles. The van der Waals surface area contributed by atoms with Gasteiger partial charge in [-0.05, 0) is 45.2 Å². The topological polar surface area (TPSA) is 108 Å². The number of esters is 1. The number of carbonyl (C=O) groups is 3. The second kappa shape index (κ2) is 14.2. The zero-order chi connectivity index (χ0) is 22.4. The average Bonchev–Trinajstić information content (AvgIpc) is 3.12. The molecule has 0 saturated heterocycles. The van der Waals surface area contributed by atoms with Crippen LogP contribution in [0.3, 0.4) is 0 Å². The Kier molecular flexibility index (Phi) is 12.8. The van der Waals surface area contributed by atoms with E-state index in [1.807, 2.05) is 13.8 Å². The van der Waals surface area contributed by atoms with Gasteiger partial charge in [-0.25, -0.2) is 8.78 Å². The van der Waals surface area contributed by atoms with E-state index in [1.54, 1.807) is 0 Å². The van der Waals surface area contributed by atoms with Crippen LogP contribution in [0.2, 0.25) is 0 Å². The Labute approximate surface area is 169 Å². The number of allylic oxidation sites excluding steroid dienone is 2. The monoisotopic (exact) mass is 414 g/mol. The Morgan fingerprint density at radius 2 is 1.59 bits per heavy atom. The summed E-state index contributed by atoms with van der Waals surface area (Å²) in [4.78, 5) is 32.2. The summed E-state index contributed by atoms with van der Waals surface area (Å²) in [7, 11) is 1.11. The molecule has 1 atom stereocenters. The van der Waals surface area contributed by atoms with Crippen molar-refractivity contribution in [3.05, 3.63) is 42.0 Å². The van der Waals surface area contributed by atoms with E-state index < -0.39 is 29.6 Å². The molecule has 0 fully saturated rings. The van der Waals surface area contributed by atoms with Gasteiger partial charge in [0, 0.05) is 25.8 Å². The smallest absolute Gasteiger partial charge is 0.302 e. The van der Waals surface area contributed by atoms with Crippen LogP contribution in [0.5, 0.6) is 0 Å². The van der Waals surface area contributed by atoms with E-state index in [2.05, 4.69) is 26.9 Å². The standard InChI is InChI=1S/C10H10F2N2O3.C5H10O2.C5H8/c1-17-8(9(13)15)10(16)14-7-3-5(11)2-6(12)4-7;1-4(2)7-5(3)6;1-2-4-5-3-1/h2-4,8H,1H3,(H2,13,15)(H,14,16);4H,1-3H3;1-2H,3-5H2. The Morgan fingerprint density at radius 1 is 1.07 bits per heavy atom. The predicted octanol–water partition coefficient (Wildman–Crippen LogP) is 3.09. The number of hydrogen-bond donors (Lipinski definition) is 2. The molecule has 1 aromatic rings. The lowest BCUT2D eigenvalue weighted by Crippen LogP contribution is -2.40. The van der Waals surface area contributed by atoms with E-state index in [-0.39, 0.29) is 17.8 Å². The van der Waals surface area contributed by atoms with Crippen molar-refractivity contribution in [2.24, 2.45) is 5.73 Å². The molecule has 7 nitrogen and oxygen atoms in total. The first-order chi connectivity index (χ1) is 13.6. The third kappa shape index (κ3) is 13.1. The highest BCUT2D eigenvalue weighted by Crippen LogP contribution is 2.13. The van der Waals surface area contributed by atoms with Crippen LogP contribution in [-0.2, 0) is 23.9 Å². The zero-order valence-electron chi connectivity index (χ0n) is 17.0. The number of halogens is 2. The summed E-state index contributed by atoms with van der Waals surface area (Å²) in [6, 6.07) is 2.45. The van der Waals surface area contributed by atoms with Crippen molar-refractivity contribution in [1.29, 1.82) is 0 Å². The highest BCUT2D eigenvalue weighted by molar-refractivity contribution is 6.08. The first kappa shape index (κ1) is 26.2. The number of nitrogens with two attached hydrogens (primary N) is 1. The zero-order valence-corrected chi connectivity index (χ0v) is 17.0. The minimum Gasteiger partial charge on any atom is -0.463 e. The van der Waals surface area contributed by atoms with Crippen molar-refractivity contribution in [1.82, 2.24) is 0 Å². The molecule has 2 rings (SSSR count). The SMILES string of the molecule is C1=CCCC1.CC(=O)OC(C)C.COC(C(N)=O)C(=O)Nc1cc(F)cc(F)c1. The number of carbonyl (C=O) groups excluding carboxylic acids is 3. The van der Waals surface area contributed by atoms with E-state index in [0.29, 0.717) is 6.07 Å². The molecule has 1 aliphatic carbocycles. The number of hydrogen-bond acceptors (Lipinski definition) is 5. The maximum atomic E-state index is 12.8. The largest absolute Gasteiger partial charge is 0.463 e. The second-order valence-corrected chi connectivity index (χ2v) is 6.23. The van der Waals surface area contributed by atoms with Gasteiger partial charge in [0.05, 0.1) is 6.10 Å². The van der Waals surface area contributed by atoms with Crippen molar-refractivity contribution in [3.63, 3.8) is 0 Å². The summed E-state index contributed by atoms with van der Waals surface area (Å²) < 4.78 is 34.8. The van der Waals surface area contributed by atoms with E-state index in [4.69, 9.17) is 5.73 Å². The summed E-state index contributed by atoms with van der Waals surface area (Å²) in [5.41, 5.74) is 4.76. The van der Waals surface area contributed by atoms with Gasteiger partial charge in [-0.15, -0.1) is 0 Å². The van der Waals surface area contributed by atoms with Crippen LogP contribution in [0.4, 0.5) is 14.5 Å². The van der Waals surface area contributed by atoms with Gasteiger partial charge in [0.2, 0.25) is 6.10 Å². The van der Waals surface area contributed by atoms with Crippen LogP contribution in [0.25, 0.3) is 0 Å². The molecule has 9 heteroatoms. The number of amides is 2. The minimum absolute atomic E-state index is 0.0255. The van der Waals surface area contributed by atoms with Gasteiger partial charge >= 0.3 is 5.97 Å². The highest BCUT2D eigenvalue weighted by Gasteiger charge is 2.24. The molecule has 0 heterocycles. The van der Waals surface area contributed by atoms with Crippen LogP contribution < -0.4 is 11.1 Å². The molecule has 0 aliphatic heterocycles. The molecule has 2 amide bonds. The third-order valence-corrected chi connectivity index (χ3v) is 3.17. The Balaban J connectivity index is 0.000000531. The second-order valence-electron chi connectivity index (χ2n) is 6.23. The van der Waals surface area contributed by atoms with Crippen LogP contribution in [-0.4, -0.2) is 37.1 Å². The quantitative estimate of drug-likeness (QED) is 0.437. The molecule has 0 aromatic heterocycles. The van der Waals surface area contributed by atoms with Gasteiger partial charge in [-0.2, -0.15) is 0 Å². The Bertz CT molecular complexity index is 682. The lowest BCUT2D eigenvalue weighted by Gasteiger charge is -2.11. The molecule has 1 unspecified atom stereocenters. The predicted molar refractivity (Wildman–Crippen MR) is 105 cm³/mol. The molecule has 0 bridgehead atoms. The molecule has 0 saturated carbocycles. The fraction of sp³-hybridized carbons (Fsp3) is 0.450. The number of rotatable bonds is 5. The molecule has 162 valence electrons. The van der Waals surface area contributed by atoms with Crippen molar-refractivity contribution in [2.45, 2.75) is 52.2 Å². The molecular formula is C20H28F2N2O5. The number of ether oxygens (including phenoxy) is 2. The average molecular weight is 414 g/mol. The van der Waals surface area contributed by atoms with Crippen LogP contribution in [0, 0.1) is 11.6 Å². The van der Waals surface area contributed by atoms with E-state index in [0.717, 1.165) is 19.2 Å². The van der Waals surface area contributed by atoms with Crippen LogP contribution in [0.15, 0.2) is 30.4 Å². The Hall–Kier alpha value is -2.81. The van der Waals surface area contributed by atoms with Gasteiger partial charge in [0.1, 0.15) is 11.6 Å². The molecule has 29 heavy (non-hydrogen) atoms. The van der Waals surface area contributed by atoms with Crippen molar-refractivity contribution in [3.8, 4) is 0 Å². The molecule has 1 aliphatic rings. The molecular weight excluding hydrogens is 386 g/mol. The first-order valence-electron chi connectivity index (χ1n) is 8.98. The normalized spacial score (nSPS) is 12.8. The van der Waals surface area contributed by atoms with Gasteiger partial charge in [0.25, 0.3) is 11.8 Å². The highest BCUT2D eigenvalue weighted by atomic mass is 19.1. The van der Waals surface area contributed by atoms with E-state index in [1.165, 1.54) is 26.2 Å². The van der Waals surface area contributed by atoms with Crippen LogP contribution >= 0.6 is 0 Å². The number of nitrogens with one attached hydrogen (secondary N) is 1. The summed E-state index contributed by atoms with van der Waals surface area (Å²) in [5.74, 6) is -3.82. The summed E-state index contributed by atoms with van der Waals surface area (Å²) in [6.07, 6.45) is 7.01. The lowest BCUT2D eigenvalue weighted by molar-refractivity contribution is -0.144. The third-order valence-electron chi connectivity index (χ3n) is 3.17. The summed E-state index contributed by atoms with van der Waals surface area (Å²) in [5, 5.41) is 2.11. The van der Waals surface area contributed by atoms with E-state index >= 15 is 0 Å². The fourth-order valence-electron chi connectivity index (χ4n) is 2.11. The number of methoxy groups -OCH3 is 1. The molecule has 0 radical (unpaired) electrons. The van der Waals surface area contributed by atoms with Crippen molar-refractivity contribution >= 4 is 23.5 Å². The maximum absolute atomic E-state index is 12.8. The molecule has 3 N–H and O–H groups in total. The fourth-order valence-corrected chi connectivity index (χ4v) is 2.11. The van der Waals surface area contributed by atoms with Crippen molar-refractivity contribution in [2.75, 3.05) is 12.4 Å². The number of anilines is 1. The van der Waals surface area contributed by atoms with Gasteiger partial charge in [-0.3, -0.25) is 14.4 Å². The summed E-state index contributed by atoms with van der Waals surface area (Å²) in [6.45, 7) is 5.04. The lowest BCUT2D eigenvalue weighted by atomic mass is 10.2. The minimum atomic E-state index is -1.51. The van der Waals surface area contributed by atoms with Gasteiger partial charge < -0.3 is 20.5 Å². The molecule has 0 spiro atoms. The van der Waals surface area contributed by atoms with Gasteiger partial charge in [0.15, 0.2) is 0 Å². The first-order valence-corrected chi connectivity index (χ1v) is 8.98. The van der Waals surface area contributed by atoms with E-state index in [9.17, 15) is 23.2 Å². The number of benzene rings is 1. The summed E-state index contributed by atoms with van der Waals surface area (Å²) >= 11 is 0. The maximum Gasteiger partial charge on any atom is 0.302 e. The van der Waals surface area contributed by atoms with Crippen LogP contribution in [0.1, 0.15) is 40.0 Å². The van der Waals surface area contributed by atoms with Gasteiger partial charge in [-0.1, -0.05) is 12.2 Å².